The van der Waals surface area contributed by atoms with Crippen LogP contribution in [0.25, 0.3) is 0 Å². The monoisotopic (exact) mass is 680 g/mol. The van der Waals surface area contributed by atoms with Crippen LogP contribution in [0.4, 0.5) is 30.9 Å². The molecule has 2 aromatic carbocycles. The first-order valence-electron chi connectivity index (χ1n) is 15.0. The van der Waals surface area contributed by atoms with Gasteiger partial charge in [0, 0.05) is 12.6 Å². The number of benzene rings is 2. The van der Waals surface area contributed by atoms with E-state index in [0.29, 0.717) is 16.9 Å². The van der Waals surface area contributed by atoms with Gasteiger partial charge >= 0.3 is 76.5 Å². The standard InChI is InChI=1S/C31H36BF6N2O5.K/c1-20-14-26(39(28(41)31(33,34)35)17-21-8-10-24(43-2)11-9-21)27(40(20)29(42)45-18-22-6-4-3-5-7-22)19-44-25-12-13-30(32(36,37)38)16-23(30)15-25;/h3-11,20,23,25-27H,12-19H2,1-2H3;/q-1;+1/t20-,23-,25-,26+,27+,30-;/m1./s1. The second-order valence-corrected chi connectivity index (χ2v) is 12.4. The van der Waals surface area contributed by atoms with E-state index in [9.17, 15) is 35.7 Å². The van der Waals surface area contributed by atoms with Gasteiger partial charge in [-0.1, -0.05) is 66.5 Å². The van der Waals surface area contributed by atoms with Gasteiger partial charge in [0.2, 0.25) is 0 Å². The summed E-state index contributed by atoms with van der Waals surface area (Å²) >= 11 is 0. The Morgan fingerprint density at radius 2 is 1.70 bits per heavy atom. The van der Waals surface area contributed by atoms with Gasteiger partial charge in [-0.05, 0) is 49.4 Å². The summed E-state index contributed by atoms with van der Waals surface area (Å²) in [6.45, 7) is -4.07. The molecule has 0 spiro atoms. The molecule has 0 bridgehead atoms. The van der Waals surface area contributed by atoms with Crippen LogP contribution in [-0.4, -0.2) is 72.9 Å². The Balaban J connectivity index is 0.00000480. The summed E-state index contributed by atoms with van der Waals surface area (Å²) in [5.41, 5.74) is 1.12. The normalized spacial score (nSPS) is 27.3. The van der Waals surface area contributed by atoms with Gasteiger partial charge in [0.05, 0.1) is 31.9 Å². The molecule has 6 atom stereocenters. The summed E-state index contributed by atoms with van der Waals surface area (Å²) in [4.78, 5) is 28.4. The summed E-state index contributed by atoms with van der Waals surface area (Å²) in [5.74, 6) is -2.12. The van der Waals surface area contributed by atoms with E-state index in [0.717, 1.165) is 4.90 Å². The summed E-state index contributed by atoms with van der Waals surface area (Å²) < 4.78 is 99.7. The van der Waals surface area contributed by atoms with Crippen molar-refractivity contribution in [1.29, 1.82) is 0 Å². The van der Waals surface area contributed by atoms with Gasteiger partial charge in [-0.25, -0.2) is 4.79 Å². The van der Waals surface area contributed by atoms with Gasteiger partial charge in [-0.2, -0.15) is 13.2 Å². The van der Waals surface area contributed by atoms with Crippen LogP contribution < -0.4 is 56.1 Å². The van der Waals surface area contributed by atoms with Gasteiger partial charge < -0.3 is 32.1 Å². The maximum Gasteiger partial charge on any atom is 1.00 e. The molecule has 2 amide bonds. The van der Waals surface area contributed by atoms with Gasteiger partial charge in [0.25, 0.3) is 0 Å². The molecule has 0 radical (unpaired) electrons. The van der Waals surface area contributed by atoms with Crippen molar-refractivity contribution in [3.63, 3.8) is 0 Å². The van der Waals surface area contributed by atoms with Crippen LogP contribution in [-0.2, 0) is 27.4 Å². The third-order valence-electron chi connectivity index (χ3n) is 9.60. The molecule has 7 nitrogen and oxygen atoms in total. The predicted octanol–water partition coefficient (Wildman–Crippen LogP) is 3.94. The fraction of sp³-hybridized carbons (Fsp3) is 0.548. The molecule has 1 aliphatic heterocycles. The molecule has 0 aromatic heterocycles. The van der Waals surface area contributed by atoms with E-state index in [-0.39, 0.29) is 96.7 Å². The minimum absolute atomic E-state index is 0. The molecule has 5 rings (SSSR count). The second-order valence-electron chi connectivity index (χ2n) is 12.4. The summed E-state index contributed by atoms with van der Waals surface area (Å²) in [6.07, 6.45) is -6.17. The number of fused-ring (bicyclic) bond motifs is 1. The van der Waals surface area contributed by atoms with E-state index < -0.39 is 67.2 Å². The van der Waals surface area contributed by atoms with E-state index in [1.165, 1.54) is 12.0 Å². The number of amides is 2. The van der Waals surface area contributed by atoms with Crippen LogP contribution in [0.2, 0.25) is 5.31 Å². The fourth-order valence-electron chi connectivity index (χ4n) is 7.04. The molecule has 15 heteroatoms. The van der Waals surface area contributed by atoms with Crippen LogP contribution in [0.15, 0.2) is 54.6 Å². The molecular formula is C31H36BF6KN2O5. The Morgan fingerprint density at radius 1 is 1.02 bits per heavy atom. The van der Waals surface area contributed by atoms with E-state index in [1.54, 1.807) is 61.5 Å². The smallest absolute Gasteiger partial charge is 0.497 e. The number of alkyl halides is 3. The largest absolute Gasteiger partial charge is 1.00 e. The number of rotatable bonds is 10. The van der Waals surface area contributed by atoms with Gasteiger partial charge in [0.1, 0.15) is 12.4 Å². The van der Waals surface area contributed by atoms with Gasteiger partial charge in [-0.15, -0.1) is 0 Å². The molecule has 3 fully saturated rings. The first-order valence-corrected chi connectivity index (χ1v) is 15.0. The number of carbonyl (C=O) groups is 2. The predicted molar refractivity (Wildman–Crippen MR) is 153 cm³/mol. The van der Waals surface area contributed by atoms with Gasteiger partial charge in [0.15, 0.2) is 0 Å². The zero-order valence-corrected chi connectivity index (χ0v) is 29.1. The average Bonchev–Trinajstić information content (AvgIpc) is 3.67. The van der Waals surface area contributed by atoms with Crippen molar-refractivity contribution in [1.82, 2.24) is 9.80 Å². The first-order chi connectivity index (χ1) is 21.2. The van der Waals surface area contributed by atoms with Crippen molar-refractivity contribution < 1.29 is 101 Å². The van der Waals surface area contributed by atoms with Gasteiger partial charge in [-0.3, -0.25) is 9.69 Å². The van der Waals surface area contributed by atoms with Crippen molar-refractivity contribution in [2.75, 3.05) is 13.7 Å². The van der Waals surface area contributed by atoms with Crippen LogP contribution in [0.5, 0.6) is 5.75 Å². The molecule has 246 valence electrons. The number of halogens is 6. The molecule has 2 aromatic rings. The molecular weight excluding hydrogens is 644 g/mol. The van der Waals surface area contributed by atoms with Crippen LogP contribution >= 0.6 is 0 Å². The van der Waals surface area contributed by atoms with Crippen molar-refractivity contribution in [3.05, 3.63) is 65.7 Å². The minimum atomic E-state index is -5.19. The zero-order valence-electron chi connectivity index (χ0n) is 26.0. The molecule has 2 saturated carbocycles. The maximum absolute atomic E-state index is 14.0. The quantitative estimate of drug-likeness (QED) is 0.281. The number of nitrogens with zero attached hydrogens (tertiary/aromatic N) is 2. The van der Waals surface area contributed by atoms with E-state index >= 15 is 0 Å². The summed E-state index contributed by atoms with van der Waals surface area (Å²) in [6, 6.07) is 12.3. The van der Waals surface area contributed by atoms with Crippen molar-refractivity contribution in [3.8, 4) is 5.75 Å². The number of ether oxygens (including phenoxy) is 3. The van der Waals surface area contributed by atoms with Crippen LogP contribution in [0, 0.1) is 5.92 Å². The minimum Gasteiger partial charge on any atom is -0.497 e. The molecule has 2 aliphatic carbocycles. The Labute approximate surface area is 306 Å². The molecule has 3 aliphatic rings. The Kier molecular flexibility index (Phi) is 11.9. The zero-order chi connectivity index (χ0) is 32.6. The van der Waals surface area contributed by atoms with Crippen LogP contribution in [0.3, 0.4) is 0 Å². The Morgan fingerprint density at radius 3 is 2.28 bits per heavy atom. The average molecular weight is 681 g/mol. The summed E-state index contributed by atoms with van der Waals surface area (Å²) in [5, 5.41) is -1.62. The number of hydrogen-bond donors (Lipinski definition) is 0. The Bertz CT molecular complexity index is 1350. The van der Waals surface area contributed by atoms with Crippen molar-refractivity contribution in [2.45, 2.75) is 87.9 Å². The Hall–Kier alpha value is -1.78. The maximum atomic E-state index is 14.0. The van der Waals surface area contributed by atoms with Crippen LogP contribution in [0.1, 0.15) is 50.2 Å². The van der Waals surface area contributed by atoms with Crippen molar-refractivity contribution in [2.24, 2.45) is 5.92 Å². The van der Waals surface area contributed by atoms with E-state index in [4.69, 9.17) is 14.2 Å². The first kappa shape index (κ1) is 37.0. The number of methoxy groups -OCH3 is 1. The SMILES string of the molecule is COc1ccc(CN(C(=O)C(F)(F)F)[C@H]2C[C@@H](C)N(C(=O)OCc3ccccc3)[C@H]2CO[C@@H]2CC[C@@]3([B-](F)(F)F)C[C@H]3C2)cc1.[K+]. The molecule has 1 heterocycles. The second kappa shape index (κ2) is 14.8. The summed E-state index contributed by atoms with van der Waals surface area (Å²) in [7, 11) is 1.45. The molecule has 46 heavy (non-hydrogen) atoms. The van der Waals surface area contributed by atoms with E-state index in [1.807, 2.05) is 0 Å². The molecule has 0 unspecified atom stereocenters. The number of likely N-dealkylation sites (tertiary alicyclic amines) is 1. The fourth-order valence-corrected chi connectivity index (χ4v) is 7.04. The number of carbonyl (C=O) groups excluding carboxylic acids is 2. The molecule has 1 saturated heterocycles. The van der Waals surface area contributed by atoms with Crippen molar-refractivity contribution >= 4 is 19.0 Å². The third-order valence-corrected chi connectivity index (χ3v) is 9.60. The number of hydrogen-bond acceptors (Lipinski definition) is 5. The molecule has 0 N–H and O–H groups in total. The van der Waals surface area contributed by atoms with E-state index in [2.05, 4.69) is 0 Å². The third kappa shape index (κ3) is 8.08. The topological polar surface area (TPSA) is 68.3 Å².